The molecule has 68 valence electrons. The van der Waals surface area contributed by atoms with Crippen LogP contribution in [0.5, 0.6) is 0 Å². The van der Waals surface area contributed by atoms with E-state index in [1.165, 1.54) is 7.11 Å². The summed E-state index contributed by atoms with van der Waals surface area (Å²) in [6.45, 7) is 0. The monoisotopic (exact) mass is 205 g/mol. The summed E-state index contributed by atoms with van der Waals surface area (Å²) >= 11 is 3.35. The van der Waals surface area contributed by atoms with Crippen molar-refractivity contribution in [1.29, 1.82) is 0 Å². The van der Waals surface area contributed by atoms with Gasteiger partial charge in [0.25, 0.3) is 0 Å². The number of ether oxygens (including phenoxy) is 1. The highest BCUT2D eigenvalue weighted by atomic mass is 32.2. The van der Waals surface area contributed by atoms with Crippen molar-refractivity contribution in [3.05, 3.63) is 0 Å². The third-order valence-corrected chi connectivity index (χ3v) is 3.76. The van der Waals surface area contributed by atoms with Crippen molar-refractivity contribution in [1.82, 2.24) is 0 Å². The van der Waals surface area contributed by atoms with Gasteiger partial charge in [0, 0.05) is 18.4 Å². The molecule has 0 N–H and O–H groups in total. The molecule has 0 bridgehead atoms. The molecule has 0 radical (unpaired) electrons. The maximum atomic E-state index is 10.7. The van der Waals surface area contributed by atoms with Crippen molar-refractivity contribution in [2.24, 2.45) is 4.40 Å². The van der Waals surface area contributed by atoms with Crippen molar-refractivity contribution in [2.75, 3.05) is 12.9 Å². The zero-order valence-electron chi connectivity index (χ0n) is 6.86. The van der Waals surface area contributed by atoms with Gasteiger partial charge in [-0.1, -0.05) is 0 Å². The van der Waals surface area contributed by atoms with Gasteiger partial charge in [-0.3, -0.25) is 4.79 Å². The van der Waals surface area contributed by atoms with Gasteiger partial charge in [0.1, 0.15) is 0 Å². The maximum absolute atomic E-state index is 10.7. The Balaban J connectivity index is 1.99. The minimum Gasteiger partial charge on any atom is -0.469 e. The molecule has 0 spiro atoms. The number of nitrogens with zero attached hydrogens (tertiary/aromatic N) is 1. The van der Waals surface area contributed by atoms with Gasteiger partial charge in [-0.2, -0.15) is 0 Å². The van der Waals surface area contributed by atoms with Crippen LogP contribution in [0.15, 0.2) is 4.40 Å². The first-order valence-corrected chi connectivity index (χ1v) is 5.57. The number of hydrogen-bond donors (Lipinski definition) is 0. The molecule has 0 saturated carbocycles. The van der Waals surface area contributed by atoms with Gasteiger partial charge in [0.05, 0.1) is 18.1 Å². The Kier molecular flexibility index (Phi) is 4.53. The topological polar surface area (TPSA) is 38.7 Å². The number of esters is 1. The summed E-state index contributed by atoms with van der Waals surface area (Å²) in [5.41, 5.74) is 0. The molecule has 1 unspecified atom stereocenters. The summed E-state index contributed by atoms with van der Waals surface area (Å²) in [7, 11) is 1.42. The van der Waals surface area contributed by atoms with Crippen LogP contribution in [0.3, 0.4) is 0 Å². The molecule has 0 aromatic carbocycles. The minimum atomic E-state index is -0.133. The van der Waals surface area contributed by atoms with Crippen molar-refractivity contribution < 1.29 is 9.53 Å². The second-order valence-electron chi connectivity index (χ2n) is 2.26. The van der Waals surface area contributed by atoms with Gasteiger partial charge >= 0.3 is 5.97 Å². The van der Waals surface area contributed by atoms with Crippen LogP contribution in [0, 0.1) is 0 Å². The van der Waals surface area contributed by atoms with Crippen LogP contribution >= 0.6 is 23.7 Å². The van der Waals surface area contributed by atoms with Crippen molar-refractivity contribution in [3.63, 3.8) is 0 Å². The predicted octanol–water partition coefficient (Wildman–Crippen LogP) is 1.73. The molecular formula is C7H11NO2S2. The zero-order valence-corrected chi connectivity index (χ0v) is 8.49. The van der Waals surface area contributed by atoms with E-state index < -0.39 is 0 Å². The number of methoxy groups -OCH3 is 1. The van der Waals surface area contributed by atoms with Gasteiger partial charge in [0.2, 0.25) is 0 Å². The lowest BCUT2D eigenvalue weighted by molar-refractivity contribution is -0.140. The van der Waals surface area contributed by atoms with Crippen molar-refractivity contribution in [3.8, 4) is 0 Å². The molecule has 1 aliphatic heterocycles. The molecule has 0 saturated heterocycles. The van der Waals surface area contributed by atoms with Crippen LogP contribution in [0.25, 0.3) is 0 Å². The molecule has 0 fully saturated rings. The largest absolute Gasteiger partial charge is 0.469 e. The molecular weight excluding hydrogens is 194 g/mol. The number of hydrogen-bond acceptors (Lipinski definition) is 5. The Morgan fingerprint density at radius 3 is 3.33 bits per heavy atom. The average molecular weight is 205 g/mol. The van der Waals surface area contributed by atoms with Crippen LogP contribution < -0.4 is 0 Å². The zero-order chi connectivity index (χ0) is 8.81. The Hall–Kier alpha value is -0.160. The normalized spacial score (nSPS) is 21.2. The molecule has 5 heteroatoms. The Morgan fingerprint density at radius 1 is 1.92 bits per heavy atom. The van der Waals surface area contributed by atoms with Crippen LogP contribution in [0.2, 0.25) is 0 Å². The van der Waals surface area contributed by atoms with Gasteiger partial charge < -0.3 is 4.74 Å². The fourth-order valence-electron chi connectivity index (χ4n) is 0.757. The summed E-state index contributed by atoms with van der Waals surface area (Å²) in [6, 6.07) is 0. The molecule has 1 heterocycles. The average Bonchev–Trinajstić information content (AvgIpc) is 2.57. The number of rotatable bonds is 4. The second kappa shape index (κ2) is 5.48. The number of thioether (sulfide) groups is 1. The molecule has 1 atom stereocenters. The third-order valence-electron chi connectivity index (χ3n) is 1.39. The summed E-state index contributed by atoms with van der Waals surface area (Å²) in [5, 5.41) is 0. The molecule has 0 amide bonds. The van der Waals surface area contributed by atoms with E-state index >= 15 is 0 Å². The highest BCUT2D eigenvalue weighted by Crippen LogP contribution is 2.31. The lowest BCUT2D eigenvalue weighted by Gasteiger charge is -2.04. The standard InChI is InChI=1S/C7H11NO2S2/c1-10-6(9)3-5-11-7-2-4-8-12-7/h4,7H,2-3,5H2,1H3. The first-order chi connectivity index (χ1) is 5.83. The Labute approximate surface area is 80.5 Å². The maximum Gasteiger partial charge on any atom is 0.306 e. The van der Waals surface area contributed by atoms with E-state index in [2.05, 4.69) is 9.13 Å². The summed E-state index contributed by atoms with van der Waals surface area (Å²) in [6.07, 6.45) is 3.43. The number of carbonyl (C=O) groups is 1. The highest BCUT2D eigenvalue weighted by Gasteiger charge is 2.13. The summed E-state index contributed by atoms with van der Waals surface area (Å²) in [5.74, 6) is 0.694. The molecule has 0 aromatic heterocycles. The van der Waals surface area contributed by atoms with E-state index in [4.69, 9.17) is 0 Å². The second-order valence-corrected chi connectivity index (χ2v) is 4.86. The molecule has 1 aliphatic rings. The van der Waals surface area contributed by atoms with Gasteiger partial charge in [-0.25, -0.2) is 4.40 Å². The first kappa shape index (κ1) is 9.92. The van der Waals surface area contributed by atoms with Crippen molar-refractivity contribution >= 4 is 35.9 Å². The minimum absolute atomic E-state index is 0.133. The fraction of sp³-hybridized carbons (Fsp3) is 0.714. The lowest BCUT2D eigenvalue weighted by atomic mass is 10.5. The van der Waals surface area contributed by atoms with E-state index in [0.717, 1.165) is 12.2 Å². The molecule has 1 rings (SSSR count). The van der Waals surface area contributed by atoms with Crippen LogP contribution in [0.4, 0.5) is 0 Å². The van der Waals surface area contributed by atoms with E-state index in [9.17, 15) is 4.79 Å². The third kappa shape index (κ3) is 3.49. The van der Waals surface area contributed by atoms with E-state index in [1.54, 1.807) is 23.7 Å². The van der Waals surface area contributed by atoms with Crippen LogP contribution in [-0.4, -0.2) is 29.6 Å². The van der Waals surface area contributed by atoms with E-state index in [-0.39, 0.29) is 5.97 Å². The quantitative estimate of drug-likeness (QED) is 0.517. The molecule has 12 heavy (non-hydrogen) atoms. The highest BCUT2D eigenvalue weighted by molar-refractivity contribution is 8.16. The molecule has 0 aromatic rings. The Morgan fingerprint density at radius 2 is 2.75 bits per heavy atom. The lowest BCUT2D eigenvalue weighted by Crippen LogP contribution is -2.03. The van der Waals surface area contributed by atoms with E-state index in [0.29, 0.717) is 11.0 Å². The van der Waals surface area contributed by atoms with Gasteiger partial charge in [-0.05, 0) is 11.9 Å². The summed E-state index contributed by atoms with van der Waals surface area (Å²) < 4.78 is 9.07. The Bertz CT molecular complexity index is 176. The summed E-state index contributed by atoms with van der Waals surface area (Å²) in [4.78, 5) is 10.7. The molecule has 0 aliphatic carbocycles. The number of carbonyl (C=O) groups excluding carboxylic acids is 1. The van der Waals surface area contributed by atoms with Gasteiger partial charge in [-0.15, -0.1) is 11.8 Å². The van der Waals surface area contributed by atoms with E-state index in [1.807, 2.05) is 6.21 Å². The SMILES string of the molecule is COC(=O)CCSC1CC=NS1. The van der Waals surface area contributed by atoms with Crippen LogP contribution in [0.1, 0.15) is 12.8 Å². The predicted molar refractivity (Wildman–Crippen MR) is 53.6 cm³/mol. The smallest absolute Gasteiger partial charge is 0.306 e. The van der Waals surface area contributed by atoms with Crippen molar-refractivity contribution in [2.45, 2.75) is 17.4 Å². The molecule has 3 nitrogen and oxygen atoms in total. The van der Waals surface area contributed by atoms with Gasteiger partial charge in [0.15, 0.2) is 0 Å². The van der Waals surface area contributed by atoms with Crippen LogP contribution in [-0.2, 0) is 9.53 Å². The first-order valence-electron chi connectivity index (χ1n) is 3.69. The fourth-order valence-corrected chi connectivity index (χ4v) is 2.69.